The van der Waals surface area contributed by atoms with Crippen LogP contribution in [0.2, 0.25) is 0 Å². The van der Waals surface area contributed by atoms with Crippen LogP contribution in [0, 0.1) is 11.9 Å². The molecule has 0 radical (unpaired) electrons. The first-order valence-electron chi connectivity index (χ1n) is 11.4. The average Bonchev–Trinajstić information content (AvgIpc) is 2.85. The number of nitrogens with two attached hydrogens (primary N) is 1. The summed E-state index contributed by atoms with van der Waals surface area (Å²) in [6, 6.07) is 10.9. The Bertz CT molecular complexity index is 1540. The van der Waals surface area contributed by atoms with Crippen LogP contribution in [0.5, 0.6) is 5.75 Å². The number of pyridine rings is 2. The van der Waals surface area contributed by atoms with Crippen LogP contribution >= 0.6 is 0 Å². The number of guanidine groups is 1. The topological polar surface area (TPSA) is 115 Å². The lowest BCUT2D eigenvalue weighted by molar-refractivity contribution is -0.121. The lowest BCUT2D eigenvalue weighted by Crippen LogP contribution is -2.54. The van der Waals surface area contributed by atoms with Gasteiger partial charge in [-0.3, -0.25) is 10.1 Å². The van der Waals surface area contributed by atoms with E-state index in [0.717, 1.165) is 0 Å². The molecule has 6 rings (SSSR count). The zero-order valence-electron chi connectivity index (χ0n) is 19.2. The number of allylic oxidation sites excluding steroid dienone is 1. The van der Waals surface area contributed by atoms with Crippen LogP contribution < -0.4 is 15.8 Å². The van der Waals surface area contributed by atoms with Gasteiger partial charge in [-0.1, -0.05) is 6.07 Å². The third-order valence-electron chi connectivity index (χ3n) is 6.57. The summed E-state index contributed by atoms with van der Waals surface area (Å²) in [5.41, 5.74) is 6.91. The van der Waals surface area contributed by atoms with Crippen molar-refractivity contribution in [1.29, 1.82) is 0 Å². The molecule has 3 aliphatic rings. The molecule has 0 bridgehead atoms. The summed E-state index contributed by atoms with van der Waals surface area (Å²) in [5, 5.41) is 2.48. The number of fused-ring (bicyclic) bond motifs is 4. The molecule has 3 N–H and O–H groups in total. The maximum Gasteiger partial charge on any atom is 0.230 e. The van der Waals surface area contributed by atoms with Crippen LogP contribution in [-0.2, 0) is 16.8 Å². The second-order valence-corrected chi connectivity index (χ2v) is 8.93. The van der Waals surface area contributed by atoms with Crippen molar-refractivity contribution in [3.8, 4) is 16.9 Å². The Kier molecular flexibility index (Phi) is 5.28. The van der Waals surface area contributed by atoms with Gasteiger partial charge < -0.3 is 10.5 Å². The third-order valence-corrected chi connectivity index (χ3v) is 6.57. The minimum Gasteiger partial charge on any atom is -0.480 e. The number of nitrogens with zero attached hydrogens (tertiary/aromatic N) is 4. The number of hydrogen-bond acceptors (Lipinski definition) is 7. The Morgan fingerprint density at radius 2 is 2.00 bits per heavy atom. The number of amides is 1. The highest BCUT2D eigenvalue weighted by Crippen LogP contribution is 2.51. The van der Waals surface area contributed by atoms with Gasteiger partial charge in [0.1, 0.15) is 11.3 Å². The number of benzene rings is 1. The van der Waals surface area contributed by atoms with Gasteiger partial charge in [0.25, 0.3) is 0 Å². The van der Waals surface area contributed by atoms with Crippen molar-refractivity contribution in [2.45, 2.75) is 30.8 Å². The molecule has 0 saturated heterocycles. The standard InChI is InChI=1S/C26H19F3N6O2/c27-20-9-13(5-7-31-20)8-15-11-18-22(24(29)33-15)37-19-4-3-14(16-2-1-6-32-23(16)28)10-17(19)26(18)12-21(36)34-25(30)35-26/h1-7,9-11,22,24H,8,12H2,(H3,30,34,35,36)/t22?,24-,26?/m1/s1. The van der Waals surface area contributed by atoms with E-state index in [-0.39, 0.29) is 30.1 Å². The number of aromatic nitrogens is 2. The molecule has 5 heterocycles. The minimum absolute atomic E-state index is 0.116. The fourth-order valence-electron chi connectivity index (χ4n) is 5.04. The molecule has 3 aromatic rings. The Hall–Kier alpha value is -4.54. The first-order chi connectivity index (χ1) is 17.8. The largest absolute Gasteiger partial charge is 0.480 e. The molecule has 11 heteroatoms. The summed E-state index contributed by atoms with van der Waals surface area (Å²) >= 11 is 0. The first-order valence-corrected chi connectivity index (χ1v) is 11.4. The zero-order valence-corrected chi connectivity index (χ0v) is 19.2. The lowest BCUT2D eigenvalue weighted by Gasteiger charge is -2.45. The number of ether oxygens (including phenoxy) is 1. The fourth-order valence-corrected chi connectivity index (χ4v) is 5.04. The number of carbonyl (C=O) groups is 1. The molecule has 8 nitrogen and oxygen atoms in total. The second kappa shape index (κ2) is 8.54. The summed E-state index contributed by atoms with van der Waals surface area (Å²) in [7, 11) is 0. The Labute approximate surface area is 208 Å². The van der Waals surface area contributed by atoms with Gasteiger partial charge in [0.05, 0.1) is 6.42 Å². The van der Waals surface area contributed by atoms with Crippen molar-refractivity contribution in [1.82, 2.24) is 15.3 Å². The maximum atomic E-state index is 15.5. The summed E-state index contributed by atoms with van der Waals surface area (Å²) < 4.78 is 49.7. The highest BCUT2D eigenvalue weighted by molar-refractivity contribution is 6.02. The molecule has 1 amide bonds. The van der Waals surface area contributed by atoms with E-state index in [1.54, 1.807) is 42.5 Å². The number of carbonyl (C=O) groups excluding carboxylic acids is 1. The molecule has 37 heavy (non-hydrogen) atoms. The first kappa shape index (κ1) is 22.9. The van der Waals surface area contributed by atoms with Gasteiger partial charge in [-0.2, -0.15) is 8.78 Å². The molecule has 0 fully saturated rings. The van der Waals surface area contributed by atoms with Crippen LogP contribution in [0.4, 0.5) is 13.2 Å². The summed E-state index contributed by atoms with van der Waals surface area (Å²) in [4.78, 5) is 28.7. The van der Waals surface area contributed by atoms with Crippen molar-refractivity contribution in [2.24, 2.45) is 15.7 Å². The highest BCUT2D eigenvalue weighted by atomic mass is 19.1. The number of alkyl halides is 1. The number of dihydropyridines is 1. The second-order valence-electron chi connectivity index (χ2n) is 8.93. The van der Waals surface area contributed by atoms with E-state index in [0.29, 0.717) is 28.0 Å². The number of hydrogen-bond donors (Lipinski definition) is 2. The van der Waals surface area contributed by atoms with Crippen LogP contribution in [0.1, 0.15) is 17.5 Å². The monoisotopic (exact) mass is 504 g/mol. The van der Waals surface area contributed by atoms with Gasteiger partial charge in [0.15, 0.2) is 12.1 Å². The Morgan fingerprint density at radius 3 is 2.78 bits per heavy atom. The smallest absolute Gasteiger partial charge is 0.230 e. The minimum atomic E-state index is -1.82. The van der Waals surface area contributed by atoms with E-state index in [2.05, 4.69) is 25.3 Å². The van der Waals surface area contributed by atoms with Gasteiger partial charge in [-0.25, -0.2) is 24.3 Å². The summed E-state index contributed by atoms with van der Waals surface area (Å²) in [6.45, 7) is 0. The van der Waals surface area contributed by atoms with Crippen molar-refractivity contribution in [3.63, 3.8) is 0 Å². The normalized spacial score (nSPS) is 24.2. The quantitative estimate of drug-likeness (QED) is 0.420. The van der Waals surface area contributed by atoms with E-state index in [9.17, 15) is 13.6 Å². The predicted octanol–water partition coefficient (Wildman–Crippen LogP) is 3.13. The lowest BCUT2D eigenvalue weighted by atomic mass is 9.72. The van der Waals surface area contributed by atoms with Gasteiger partial charge in [0, 0.05) is 41.2 Å². The van der Waals surface area contributed by atoms with Crippen LogP contribution in [0.15, 0.2) is 76.5 Å². The molecule has 0 saturated carbocycles. The van der Waals surface area contributed by atoms with Crippen molar-refractivity contribution >= 4 is 17.6 Å². The Balaban J connectivity index is 1.52. The van der Waals surface area contributed by atoms with Crippen LogP contribution in [0.3, 0.4) is 0 Å². The van der Waals surface area contributed by atoms with Crippen molar-refractivity contribution in [2.75, 3.05) is 0 Å². The van der Waals surface area contributed by atoms with E-state index < -0.39 is 35.7 Å². The van der Waals surface area contributed by atoms with E-state index in [4.69, 9.17) is 10.5 Å². The number of nitrogens with one attached hydrogen (secondary N) is 1. The average molecular weight is 504 g/mol. The third kappa shape index (κ3) is 3.92. The molecule has 1 spiro atoms. The molecule has 3 aliphatic heterocycles. The van der Waals surface area contributed by atoms with E-state index in [1.807, 2.05) is 0 Å². The number of rotatable bonds is 3. The van der Waals surface area contributed by atoms with Gasteiger partial charge in [0.2, 0.25) is 24.1 Å². The fraction of sp³-hybridized carbons (Fsp3) is 0.192. The zero-order chi connectivity index (χ0) is 25.7. The van der Waals surface area contributed by atoms with E-state index in [1.165, 1.54) is 18.5 Å². The predicted molar refractivity (Wildman–Crippen MR) is 128 cm³/mol. The van der Waals surface area contributed by atoms with Crippen LogP contribution in [-0.4, -0.2) is 39.9 Å². The molecular weight excluding hydrogens is 485 g/mol. The van der Waals surface area contributed by atoms with E-state index >= 15 is 4.39 Å². The molecule has 2 aromatic heterocycles. The van der Waals surface area contributed by atoms with Gasteiger partial charge in [-0.15, -0.1) is 0 Å². The SMILES string of the molecule is NC1=NC2(CC(=O)N1)C1=CC(Cc3ccnc(F)c3)=N[C@@H](F)C1Oc1ccc(-c3cccnc3F)cc12. The van der Waals surface area contributed by atoms with Crippen molar-refractivity contribution < 1.29 is 22.7 Å². The summed E-state index contributed by atoms with van der Waals surface area (Å²) in [5.74, 6) is -1.63. The molecule has 0 aliphatic carbocycles. The van der Waals surface area contributed by atoms with Crippen LogP contribution in [0.25, 0.3) is 11.1 Å². The number of aliphatic imine (C=N–C) groups is 2. The maximum absolute atomic E-state index is 15.5. The molecule has 3 atom stereocenters. The summed E-state index contributed by atoms with van der Waals surface area (Å²) in [6.07, 6.45) is 1.22. The van der Waals surface area contributed by atoms with Crippen molar-refractivity contribution in [3.05, 3.63) is 89.5 Å². The molecular formula is C26H19F3N6O2. The molecule has 2 unspecified atom stereocenters. The highest BCUT2D eigenvalue weighted by Gasteiger charge is 2.53. The number of halogens is 3. The van der Waals surface area contributed by atoms with Gasteiger partial charge >= 0.3 is 0 Å². The Morgan fingerprint density at radius 1 is 1.14 bits per heavy atom. The molecule has 1 aromatic carbocycles. The molecule has 186 valence electrons. The van der Waals surface area contributed by atoms with Gasteiger partial charge in [-0.05, 0) is 53.6 Å².